The van der Waals surface area contributed by atoms with E-state index in [0.717, 1.165) is 16.9 Å². The molecular formula is C36H46N8O6. The fourth-order valence-corrected chi connectivity index (χ4v) is 6.73. The smallest absolute Gasteiger partial charge is 0.257 e. The maximum Gasteiger partial charge on any atom is 0.257 e. The van der Waals surface area contributed by atoms with Gasteiger partial charge in [0.25, 0.3) is 11.8 Å². The topological polar surface area (TPSA) is 170 Å². The van der Waals surface area contributed by atoms with Gasteiger partial charge in [-0.25, -0.2) is 4.98 Å². The van der Waals surface area contributed by atoms with E-state index in [-0.39, 0.29) is 35.9 Å². The lowest BCUT2D eigenvalue weighted by atomic mass is 9.89. The lowest BCUT2D eigenvalue weighted by molar-refractivity contribution is -0.154. The molecule has 2 fully saturated rings. The number of aldehydes is 2. The van der Waals surface area contributed by atoms with Gasteiger partial charge in [-0.3, -0.25) is 23.9 Å². The Morgan fingerprint density at radius 1 is 1.08 bits per heavy atom. The van der Waals surface area contributed by atoms with Crippen LogP contribution in [0.3, 0.4) is 0 Å². The summed E-state index contributed by atoms with van der Waals surface area (Å²) in [5.41, 5.74) is 1.29. The molecule has 2 aromatic heterocycles. The second-order valence-corrected chi connectivity index (χ2v) is 13.1. The number of hydrogen-bond donors (Lipinski definition) is 3. The minimum Gasteiger partial charge on any atom is -0.380 e. The predicted molar refractivity (Wildman–Crippen MR) is 187 cm³/mol. The summed E-state index contributed by atoms with van der Waals surface area (Å²) in [6, 6.07) is 8.08. The number of benzene rings is 1. The molecular weight excluding hydrogens is 640 g/mol. The lowest BCUT2D eigenvalue weighted by Gasteiger charge is -2.42. The highest BCUT2D eigenvalue weighted by Gasteiger charge is 2.43. The average Bonchev–Trinajstić information content (AvgIpc) is 3.63. The Bertz CT molecular complexity index is 1680. The van der Waals surface area contributed by atoms with Gasteiger partial charge in [0.15, 0.2) is 6.29 Å². The molecule has 1 atom stereocenters. The van der Waals surface area contributed by atoms with Crippen molar-refractivity contribution in [2.24, 2.45) is 0 Å². The monoisotopic (exact) mass is 686 g/mol. The first-order chi connectivity index (χ1) is 24.1. The second-order valence-electron chi connectivity index (χ2n) is 13.1. The molecule has 0 saturated carbocycles. The summed E-state index contributed by atoms with van der Waals surface area (Å²) in [7, 11) is 2.94. The molecule has 2 saturated heterocycles. The zero-order valence-corrected chi connectivity index (χ0v) is 28.9. The molecule has 266 valence electrons. The Morgan fingerprint density at radius 2 is 1.82 bits per heavy atom. The lowest BCUT2D eigenvalue weighted by Crippen LogP contribution is -2.56. The number of anilines is 2. The van der Waals surface area contributed by atoms with Crippen LogP contribution in [0.4, 0.5) is 11.5 Å². The van der Waals surface area contributed by atoms with Crippen LogP contribution >= 0.6 is 0 Å². The molecule has 2 aliphatic heterocycles. The summed E-state index contributed by atoms with van der Waals surface area (Å²) in [5, 5.41) is 21.7. The Morgan fingerprint density at radius 3 is 2.46 bits per heavy atom. The number of carbonyl (C=O) groups is 5. The van der Waals surface area contributed by atoms with Gasteiger partial charge in [0.2, 0.25) is 5.91 Å². The number of amides is 3. The highest BCUT2D eigenvalue weighted by Crippen LogP contribution is 2.31. The molecule has 3 N–H and O–H groups in total. The van der Waals surface area contributed by atoms with E-state index in [1.54, 1.807) is 29.3 Å². The summed E-state index contributed by atoms with van der Waals surface area (Å²) < 4.78 is 1.89. The Balaban J connectivity index is 1.17. The second kappa shape index (κ2) is 16.1. The largest absolute Gasteiger partial charge is 0.380 e. The number of piperidine rings is 2. The number of pyridine rings is 1. The van der Waals surface area contributed by atoms with Crippen molar-refractivity contribution >= 4 is 41.8 Å². The number of hydrogen-bond acceptors (Lipinski definition) is 10. The highest BCUT2D eigenvalue weighted by atomic mass is 16.3. The number of aryl methyl sites for hydroxylation is 1. The van der Waals surface area contributed by atoms with Crippen LogP contribution in [-0.4, -0.2) is 112 Å². The summed E-state index contributed by atoms with van der Waals surface area (Å²) in [5.74, 6) is -0.285. The number of carbonyl (C=O) groups excluding carboxylic acids is 5. The van der Waals surface area contributed by atoms with Gasteiger partial charge in [-0.2, -0.15) is 5.10 Å². The van der Waals surface area contributed by atoms with Gasteiger partial charge in [0, 0.05) is 95.3 Å². The molecule has 1 aromatic carbocycles. The van der Waals surface area contributed by atoms with E-state index in [4.69, 9.17) is 0 Å². The molecule has 14 heteroatoms. The first kappa shape index (κ1) is 36.2. The van der Waals surface area contributed by atoms with Crippen LogP contribution in [0.5, 0.6) is 0 Å². The Kier molecular flexibility index (Phi) is 11.6. The normalized spacial score (nSPS) is 16.7. The van der Waals surface area contributed by atoms with Crippen molar-refractivity contribution < 1.29 is 29.1 Å². The fourth-order valence-electron chi connectivity index (χ4n) is 6.73. The first-order valence-electron chi connectivity index (χ1n) is 17.1. The van der Waals surface area contributed by atoms with E-state index in [1.165, 1.54) is 19.0 Å². The molecule has 50 heavy (non-hydrogen) atoms. The third-order valence-electron chi connectivity index (χ3n) is 9.80. The predicted octanol–water partition coefficient (Wildman–Crippen LogP) is 2.37. The Labute approximate surface area is 291 Å². The van der Waals surface area contributed by atoms with Crippen LogP contribution in [0.15, 0.2) is 48.9 Å². The zero-order valence-electron chi connectivity index (χ0n) is 28.9. The minimum absolute atomic E-state index is 0.0779. The molecule has 3 aromatic rings. The number of aromatic nitrogens is 3. The molecule has 0 spiro atoms. The van der Waals surface area contributed by atoms with E-state index < -0.39 is 23.5 Å². The van der Waals surface area contributed by atoms with Gasteiger partial charge >= 0.3 is 0 Å². The third-order valence-corrected chi connectivity index (χ3v) is 9.80. The van der Waals surface area contributed by atoms with Crippen molar-refractivity contribution in [2.75, 3.05) is 50.5 Å². The zero-order chi connectivity index (χ0) is 35.8. The molecule has 2 aliphatic rings. The van der Waals surface area contributed by atoms with Gasteiger partial charge in [-0.1, -0.05) is 18.2 Å². The van der Waals surface area contributed by atoms with Gasteiger partial charge < -0.3 is 35.2 Å². The molecule has 0 bridgehead atoms. The third kappa shape index (κ3) is 8.02. The van der Waals surface area contributed by atoms with Crippen molar-refractivity contribution in [3.8, 4) is 0 Å². The minimum atomic E-state index is -1.38. The molecule has 5 rings (SSSR count). The molecule has 3 amide bonds. The van der Waals surface area contributed by atoms with Gasteiger partial charge in [0.1, 0.15) is 23.7 Å². The highest BCUT2D eigenvalue weighted by molar-refractivity contribution is 6.07. The summed E-state index contributed by atoms with van der Waals surface area (Å²) in [6.07, 6.45) is 9.13. The van der Waals surface area contributed by atoms with Crippen LogP contribution in [0.2, 0.25) is 0 Å². The van der Waals surface area contributed by atoms with Gasteiger partial charge in [-0.15, -0.1) is 0 Å². The van der Waals surface area contributed by atoms with Gasteiger partial charge in [0.05, 0.1) is 17.8 Å². The van der Waals surface area contributed by atoms with E-state index >= 15 is 0 Å². The molecule has 0 radical (unpaired) electrons. The average molecular weight is 687 g/mol. The van der Waals surface area contributed by atoms with Gasteiger partial charge in [-0.05, 0) is 43.9 Å². The van der Waals surface area contributed by atoms with Crippen LogP contribution in [0, 0.1) is 6.92 Å². The number of nitrogens with one attached hydrogen (secondary N) is 2. The number of likely N-dealkylation sites (N-methyl/N-ethyl adjacent to an activating group) is 2. The van der Waals surface area contributed by atoms with Crippen molar-refractivity contribution in [3.63, 3.8) is 0 Å². The van der Waals surface area contributed by atoms with E-state index in [0.29, 0.717) is 76.7 Å². The SMILES string of the molecule is CNC(=O)C(CCC=O)N(C)C(=O)c1c(C=O)cccc1NCc1cnn(C2CCN(C(=O)C3(O)CCN(c4ccc(C)cn4)CC3)CC2)c1. The molecule has 0 aliphatic carbocycles. The number of likely N-dealkylation sites (tertiary alicyclic amines) is 1. The fraction of sp³-hybridized carbons (Fsp3) is 0.472. The summed E-state index contributed by atoms with van der Waals surface area (Å²) in [6.45, 7) is 4.46. The Hall–Kier alpha value is -5.11. The van der Waals surface area contributed by atoms with Crippen molar-refractivity contribution in [1.82, 2.24) is 29.9 Å². The van der Waals surface area contributed by atoms with E-state index in [1.807, 2.05) is 36.1 Å². The number of rotatable bonds is 13. The number of nitrogens with zero attached hydrogens (tertiary/aromatic N) is 6. The van der Waals surface area contributed by atoms with E-state index in [2.05, 4.69) is 25.6 Å². The maximum atomic E-state index is 13.7. The molecule has 14 nitrogen and oxygen atoms in total. The molecule has 1 unspecified atom stereocenters. The van der Waals surface area contributed by atoms with Crippen molar-refractivity contribution in [2.45, 2.75) is 69.7 Å². The van der Waals surface area contributed by atoms with Crippen LogP contribution < -0.4 is 15.5 Å². The standard InChI is InChI=1S/C36H46N8O6/c1-25-9-10-31(39-20-25)42-17-13-36(50,14-18-42)35(49)43-15-11-28(12-16-43)44-23-26(22-40-44)21-38-29-7-4-6-27(24-46)32(29)34(48)41(3)30(8-5-19-45)33(47)37-2/h4,6-7,9-10,19-20,22-24,28,30,38,50H,5,8,11-18,21H2,1-3H3,(H,37,47). The quantitative estimate of drug-likeness (QED) is 0.227. The van der Waals surface area contributed by atoms with Crippen molar-refractivity contribution in [3.05, 3.63) is 71.2 Å². The van der Waals surface area contributed by atoms with Crippen LogP contribution in [-0.2, 0) is 20.9 Å². The summed E-state index contributed by atoms with van der Waals surface area (Å²) in [4.78, 5) is 72.2. The first-order valence-corrected chi connectivity index (χ1v) is 17.1. The number of aliphatic hydroxyl groups is 1. The van der Waals surface area contributed by atoms with Crippen LogP contribution in [0.1, 0.15) is 76.4 Å². The molecule has 4 heterocycles. The van der Waals surface area contributed by atoms with E-state index in [9.17, 15) is 29.1 Å². The van der Waals surface area contributed by atoms with Crippen LogP contribution in [0.25, 0.3) is 0 Å². The maximum absolute atomic E-state index is 13.7. The van der Waals surface area contributed by atoms with Crippen molar-refractivity contribution in [1.29, 1.82) is 0 Å². The summed E-state index contributed by atoms with van der Waals surface area (Å²) >= 11 is 0.